The molecule has 0 radical (unpaired) electrons. The van der Waals surface area contributed by atoms with Gasteiger partial charge in [-0.25, -0.2) is 0 Å². The number of benzene rings is 2. The minimum absolute atomic E-state index is 0.123. The number of hydrogen-bond donors (Lipinski definition) is 0. The topological polar surface area (TPSA) is 52.6 Å². The molecule has 0 amide bonds. The van der Waals surface area contributed by atoms with E-state index < -0.39 is 0 Å². The Hall–Kier alpha value is -2.40. The quantitative estimate of drug-likeness (QED) is 0.394. The second-order valence-corrected chi connectivity index (χ2v) is 7.32. The van der Waals surface area contributed by atoms with Crippen LogP contribution in [0.25, 0.3) is 0 Å². The second-order valence-electron chi connectivity index (χ2n) is 6.40. The van der Waals surface area contributed by atoms with Gasteiger partial charge in [0.15, 0.2) is 5.76 Å². The Morgan fingerprint density at radius 1 is 1.12 bits per heavy atom. The van der Waals surface area contributed by atoms with Crippen molar-refractivity contribution in [3.05, 3.63) is 68.9 Å². The van der Waals surface area contributed by atoms with Crippen molar-refractivity contribution < 1.29 is 19.1 Å². The molecule has 1 atom stereocenters. The highest BCUT2D eigenvalue weighted by molar-refractivity contribution is 9.10. The van der Waals surface area contributed by atoms with E-state index in [4.69, 9.17) is 9.47 Å². The second kappa shape index (κ2) is 5.85. The molecular formula is C20H15BrO4. The molecule has 0 aromatic heterocycles. The number of hydrogen-bond acceptors (Lipinski definition) is 4. The van der Waals surface area contributed by atoms with E-state index in [0.717, 1.165) is 21.2 Å². The Kier molecular flexibility index (Phi) is 3.76. The van der Waals surface area contributed by atoms with Crippen LogP contribution in [-0.2, 0) is 4.79 Å². The molecule has 0 spiro atoms. The predicted molar refractivity (Wildman–Crippen MR) is 96.0 cm³/mol. The smallest absolute Gasteiger partial charge is 0.312 e. The molecule has 25 heavy (non-hydrogen) atoms. The lowest BCUT2D eigenvalue weighted by molar-refractivity contribution is -0.135. The molecule has 2 aromatic carbocycles. The van der Waals surface area contributed by atoms with Gasteiger partial charge in [-0.3, -0.25) is 9.59 Å². The van der Waals surface area contributed by atoms with Gasteiger partial charge in [-0.05, 0) is 49.2 Å². The Balaban J connectivity index is 1.93. The normalized spacial score (nSPS) is 18.4. The van der Waals surface area contributed by atoms with Gasteiger partial charge in [0, 0.05) is 16.0 Å². The molecule has 4 nitrogen and oxygen atoms in total. The third-order valence-electron chi connectivity index (χ3n) is 4.46. The van der Waals surface area contributed by atoms with E-state index in [0.29, 0.717) is 22.8 Å². The van der Waals surface area contributed by atoms with Gasteiger partial charge in [-0.1, -0.05) is 28.1 Å². The highest BCUT2D eigenvalue weighted by Gasteiger charge is 2.38. The van der Waals surface area contributed by atoms with Crippen molar-refractivity contribution in [1.29, 1.82) is 0 Å². The number of halogens is 1. The van der Waals surface area contributed by atoms with Crippen LogP contribution in [-0.4, -0.2) is 11.8 Å². The molecule has 126 valence electrons. The van der Waals surface area contributed by atoms with Gasteiger partial charge in [-0.15, -0.1) is 0 Å². The van der Waals surface area contributed by atoms with Crippen molar-refractivity contribution in [2.45, 2.75) is 26.2 Å². The van der Waals surface area contributed by atoms with Crippen molar-refractivity contribution in [1.82, 2.24) is 0 Å². The van der Waals surface area contributed by atoms with Crippen LogP contribution in [0.2, 0.25) is 0 Å². The summed E-state index contributed by atoms with van der Waals surface area (Å²) in [6.07, 6.45) is 0.210. The van der Waals surface area contributed by atoms with Crippen LogP contribution in [0.5, 0.6) is 11.5 Å². The third kappa shape index (κ3) is 2.59. The summed E-state index contributed by atoms with van der Waals surface area (Å²) in [6, 6.07) is 11.2. The van der Waals surface area contributed by atoms with Gasteiger partial charge in [0.25, 0.3) is 0 Å². The minimum Gasteiger partial charge on any atom is -0.452 e. The maximum Gasteiger partial charge on any atom is 0.312 e. The third-order valence-corrected chi connectivity index (χ3v) is 4.95. The van der Waals surface area contributed by atoms with Gasteiger partial charge in [0.05, 0.1) is 12.0 Å². The van der Waals surface area contributed by atoms with E-state index in [1.165, 1.54) is 0 Å². The van der Waals surface area contributed by atoms with E-state index in [1.807, 2.05) is 38.1 Å². The van der Waals surface area contributed by atoms with Crippen molar-refractivity contribution in [3.63, 3.8) is 0 Å². The summed E-state index contributed by atoms with van der Waals surface area (Å²) < 4.78 is 12.3. The van der Waals surface area contributed by atoms with Gasteiger partial charge < -0.3 is 9.47 Å². The molecule has 4 rings (SSSR count). The van der Waals surface area contributed by atoms with Crippen LogP contribution in [0.1, 0.15) is 47.7 Å². The Morgan fingerprint density at radius 3 is 2.64 bits per heavy atom. The van der Waals surface area contributed by atoms with Crippen LogP contribution in [0.4, 0.5) is 0 Å². The van der Waals surface area contributed by atoms with Crippen LogP contribution in [0.15, 0.2) is 52.2 Å². The van der Waals surface area contributed by atoms with Gasteiger partial charge in [-0.2, -0.15) is 0 Å². The van der Waals surface area contributed by atoms with E-state index in [1.54, 1.807) is 12.1 Å². The highest BCUT2D eigenvalue weighted by atomic mass is 79.9. The summed E-state index contributed by atoms with van der Waals surface area (Å²) >= 11 is 3.48. The Morgan fingerprint density at radius 2 is 1.92 bits per heavy atom. The monoisotopic (exact) mass is 398 g/mol. The molecule has 0 saturated carbocycles. The fourth-order valence-electron chi connectivity index (χ4n) is 3.33. The molecule has 0 aliphatic carbocycles. The standard InChI is InChI=1S/C20H15BrO4/c1-10(2)19-18(23)13-6-7-15-17(20(13)25-19)14(9-16(22)24-15)11-4-3-5-12(21)8-11/h3-8,14H,9H2,1-2H3/t14-/m0/s1. The average molecular weight is 399 g/mol. The van der Waals surface area contributed by atoms with E-state index in [2.05, 4.69) is 15.9 Å². The molecule has 5 heteroatoms. The molecular weight excluding hydrogens is 384 g/mol. The number of esters is 1. The van der Waals surface area contributed by atoms with Gasteiger partial charge in [0.1, 0.15) is 11.5 Å². The molecule has 2 heterocycles. The largest absolute Gasteiger partial charge is 0.452 e. The van der Waals surface area contributed by atoms with Crippen molar-refractivity contribution in [2.75, 3.05) is 0 Å². The summed E-state index contributed by atoms with van der Waals surface area (Å²) in [5.41, 5.74) is 3.08. The van der Waals surface area contributed by atoms with E-state index >= 15 is 0 Å². The fourth-order valence-corrected chi connectivity index (χ4v) is 3.75. The van der Waals surface area contributed by atoms with Gasteiger partial charge >= 0.3 is 5.97 Å². The molecule has 2 aliphatic heterocycles. The lowest BCUT2D eigenvalue weighted by Crippen LogP contribution is -2.21. The average Bonchev–Trinajstić information content (AvgIpc) is 2.91. The number of carbonyl (C=O) groups excluding carboxylic acids is 2. The Labute approximate surface area is 153 Å². The molecule has 0 bridgehead atoms. The SMILES string of the molecule is CC(C)=C1Oc2c(ccc3c2[C@H](c2cccc(Br)c2)CC(=O)O3)C1=O. The first-order valence-electron chi connectivity index (χ1n) is 7.98. The lowest BCUT2D eigenvalue weighted by atomic mass is 9.85. The summed E-state index contributed by atoms with van der Waals surface area (Å²) in [5, 5.41) is 0. The molecule has 2 aromatic rings. The number of allylic oxidation sites excluding steroid dienone is 2. The first-order valence-corrected chi connectivity index (χ1v) is 8.78. The van der Waals surface area contributed by atoms with Crippen molar-refractivity contribution in [3.8, 4) is 11.5 Å². The molecule has 0 fully saturated rings. The molecule has 2 aliphatic rings. The Bertz CT molecular complexity index is 954. The fraction of sp³-hybridized carbons (Fsp3) is 0.200. The number of ketones is 1. The van der Waals surface area contributed by atoms with Crippen molar-refractivity contribution in [2.24, 2.45) is 0 Å². The number of rotatable bonds is 1. The van der Waals surface area contributed by atoms with E-state index in [-0.39, 0.29) is 24.1 Å². The maximum absolute atomic E-state index is 12.6. The number of Topliss-reactive ketones (excluding diaryl/α,β-unsaturated/α-hetero) is 1. The highest BCUT2D eigenvalue weighted by Crippen LogP contribution is 2.49. The van der Waals surface area contributed by atoms with Crippen LogP contribution < -0.4 is 9.47 Å². The minimum atomic E-state index is -0.288. The number of ether oxygens (including phenoxy) is 2. The van der Waals surface area contributed by atoms with Gasteiger partial charge in [0.2, 0.25) is 5.78 Å². The molecule has 0 unspecified atom stereocenters. The summed E-state index contributed by atoms with van der Waals surface area (Å²) in [5.74, 6) is 0.701. The van der Waals surface area contributed by atoms with Crippen LogP contribution in [0, 0.1) is 0 Å². The van der Waals surface area contributed by atoms with Crippen LogP contribution >= 0.6 is 15.9 Å². The number of carbonyl (C=O) groups is 2. The maximum atomic E-state index is 12.6. The zero-order valence-electron chi connectivity index (χ0n) is 13.8. The molecule has 0 saturated heterocycles. The molecule has 0 N–H and O–H groups in total. The summed E-state index contributed by atoms with van der Waals surface area (Å²) in [4.78, 5) is 24.7. The first-order chi connectivity index (χ1) is 12.0. The van der Waals surface area contributed by atoms with Crippen molar-refractivity contribution >= 4 is 27.7 Å². The number of fused-ring (bicyclic) bond motifs is 3. The van der Waals surface area contributed by atoms with Crippen LogP contribution in [0.3, 0.4) is 0 Å². The zero-order valence-corrected chi connectivity index (χ0v) is 15.3. The predicted octanol–water partition coefficient (Wildman–Crippen LogP) is 4.76. The lowest BCUT2D eigenvalue weighted by Gasteiger charge is -2.26. The van der Waals surface area contributed by atoms with E-state index in [9.17, 15) is 9.59 Å². The first kappa shape index (κ1) is 16.1. The zero-order chi connectivity index (χ0) is 17.7. The summed E-state index contributed by atoms with van der Waals surface area (Å²) in [7, 11) is 0. The summed E-state index contributed by atoms with van der Waals surface area (Å²) in [6.45, 7) is 3.69.